The number of hydrogen-bond donors (Lipinski definition) is 2. The van der Waals surface area contributed by atoms with Gasteiger partial charge in [0.1, 0.15) is 18.6 Å². The smallest absolute Gasteiger partial charge is 0.412 e. The fraction of sp³-hybridized carbons (Fsp3) is 0.172. The number of aliphatic carboxylic acids is 1. The molecule has 0 saturated heterocycles. The molecule has 0 radical (unpaired) electrons. The molecule has 3 aromatic carbocycles. The van der Waals surface area contributed by atoms with Gasteiger partial charge in [0.2, 0.25) is 0 Å². The largest absolute Gasteiger partial charge is 0.481 e. The third-order valence-corrected chi connectivity index (χ3v) is 6.58. The van der Waals surface area contributed by atoms with Crippen LogP contribution in [0.4, 0.5) is 10.5 Å². The summed E-state index contributed by atoms with van der Waals surface area (Å²) in [5.41, 5.74) is 5.23. The summed E-state index contributed by atoms with van der Waals surface area (Å²) < 4.78 is 10.9. The molecule has 0 bridgehead atoms. The Balaban J connectivity index is 1.27. The standard InChI is InChI=1S/C29H25NO5/c1-19(20-5-3-2-4-6-20)35-28(33)30-26-18-34-17-25(26)23-9-7-21(8-10-23)22-11-13-24(14-12-22)29(15-16-29)27(31)32/h2-14,17-19H,15-16H2,1H3,(H,30,33)(H,31,32)/t19-/m1/s1. The molecule has 4 aromatic rings. The van der Waals surface area contributed by atoms with Gasteiger partial charge in [-0.25, -0.2) is 4.79 Å². The zero-order valence-electron chi connectivity index (χ0n) is 19.2. The average molecular weight is 468 g/mol. The van der Waals surface area contributed by atoms with E-state index in [0.29, 0.717) is 18.5 Å². The van der Waals surface area contributed by atoms with Crippen molar-refractivity contribution in [2.24, 2.45) is 0 Å². The molecule has 1 aromatic heterocycles. The fourth-order valence-electron chi connectivity index (χ4n) is 4.28. The second-order valence-electron chi connectivity index (χ2n) is 8.82. The summed E-state index contributed by atoms with van der Waals surface area (Å²) in [6, 6.07) is 25.2. The first-order valence-electron chi connectivity index (χ1n) is 11.5. The summed E-state index contributed by atoms with van der Waals surface area (Å²) in [4.78, 5) is 24.0. The third kappa shape index (κ3) is 4.55. The highest BCUT2D eigenvalue weighted by Crippen LogP contribution is 2.48. The molecule has 1 aliphatic carbocycles. The Hall–Kier alpha value is -4.32. The lowest BCUT2D eigenvalue weighted by molar-refractivity contribution is -0.140. The van der Waals surface area contributed by atoms with Crippen molar-refractivity contribution in [3.63, 3.8) is 0 Å². The van der Waals surface area contributed by atoms with Crippen molar-refractivity contribution >= 4 is 17.7 Å². The number of rotatable bonds is 7. The van der Waals surface area contributed by atoms with Crippen molar-refractivity contribution in [1.82, 2.24) is 0 Å². The third-order valence-electron chi connectivity index (χ3n) is 6.58. The molecule has 1 heterocycles. The molecule has 0 aliphatic heterocycles. The normalized spacial score (nSPS) is 14.7. The highest BCUT2D eigenvalue weighted by atomic mass is 16.6. The van der Waals surface area contributed by atoms with Crippen LogP contribution in [0.15, 0.2) is 95.8 Å². The van der Waals surface area contributed by atoms with E-state index in [1.807, 2.05) is 85.8 Å². The van der Waals surface area contributed by atoms with Crippen molar-refractivity contribution in [2.75, 3.05) is 5.32 Å². The number of carbonyl (C=O) groups excluding carboxylic acids is 1. The topological polar surface area (TPSA) is 88.8 Å². The van der Waals surface area contributed by atoms with Crippen molar-refractivity contribution in [2.45, 2.75) is 31.3 Å². The number of nitrogens with one attached hydrogen (secondary N) is 1. The molecule has 0 spiro atoms. The minimum atomic E-state index is -0.752. The molecule has 35 heavy (non-hydrogen) atoms. The van der Waals surface area contributed by atoms with Gasteiger partial charge in [-0.15, -0.1) is 0 Å². The molecule has 2 N–H and O–H groups in total. The fourth-order valence-corrected chi connectivity index (χ4v) is 4.28. The van der Waals surface area contributed by atoms with E-state index in [2.05, 4.69) is 5.32 Å². The van der Waals surface area contributed by atoms with Crippen LogP contribution in [0.3, 0.4) is 0 Å². The number of carbonyl (C=O) groups is 2. The second kappa shape index (κ2) is 9.14. The van der Waals surface area contributed by atoms with E-state index < -0.39 is 17.5 Å². The Morgan fingerprint density at radius 3 is 2.09 bits per heavy atom. The van der Waals surface area contributed by atoms with E-state index in [4.69, 9.17) is 9.15 Å². The second-order valence-corrected chi connectivity index (χ2v) is 8.82. The minimum absolute atomic E-state index is 0.387. The van der Waals surface area contributed by atoms with Gasteiger partial charge in [0, 0.05) is 5.56 Å². The molecule has 1 atom stereocenters. The van der Waals surface area contributed by atoms with E-state index in [9.17, 15) is 14.7 Å². The monoisotopic (exact) mass is 467 g/mol. The number of anilines is 1. The Labute approximate surface area is 203 Å². The number of furan rings is 1. The molecule has 0 unspecified atom stereocenters. The number of hydrogen-bond acceptors (Lipinski definition) is 4. The van der Waals surface area contributed by atoms with Crippen LogP contribution >= 0.6 is 0 Å². The van der Waals surface area contributed by atoms with Gasteiger partial charge < -0.3 is 14.3 Å². The predicted molar refractivity (Wildman–Crippen MR) is 133 cm³/mol. The lowest BCUT2D eigenvalue weighted by atomic mass is 9.93. The molecule has 1 amide bonds. The molecule has 6 nitrogen and oxygen atoms in total. The molecular formula is C29H25NO5. The van der Waals surface area contributed by atoms with Gasteiger partial charge in [-0.05, 0) is 47.6 Å². The van der Waals surface area contributed by atoms with E-state index >= 15 is 0 Å². The SMILES string of the molecule is C[C@@H](OC(=O)Nc1cocc1-c1ccc(-c2ccc(C3(C(=O)O)CC3)cc2)cc1)c1ccccc1. The number of amides is 1. The van der Waals surface area contributed by atoms with Crippen LogP contribution < -0.4 is 5.32 Å². The Bertz CT molecular complexity index is 1340. The van der Waals surface area contributed by atoms with E-state index in [-0.39, 0.29) is 6.10 Å². The van der Waals surface area contributed by atoms with Gasteiger partial charge in [-0.1, -0.05) is 78.9 Å². The van der Waals surface area contributed by atoms with Gasteiger partial charge in [0.05, 0.1) is 11.1 Å². The van der Waals surface area contributed by atoms with Gasteiger partial charge in [0.15, 0.2) is 0 Å². The van der Waals surface area contributed by atoms with Crippen LogP contribution in [0.1, 0.15) is 37.0 Å². The summed E-state index contributed by atoms with van der Waals surface area (Å²) in [6.45, 7) is 1.82. The Morgan fingerprint density at radius 1 is 0.886 bits per heavy atom. The maximum Gasteiger partial charge on any atom is 0.412 e. The molecule has 1 saturated carbocycles. The number of benzene rings is 3. The molecule has 1 aliphatic rings. The highest BCUT2D eigenvalue weighted by molar-refractivity contribution is 5.91. The predicted octanol–water partition coefficient (Wildman–Crippen LogP) is 7.04. The van der Waals surface area contributed by atoms with Crippen molar-refractivity contribution in [3.05, 3.63) is 103 Å². The lowest BCUT2D eigenvalue weighted by Crippen LogP contribution is -2.19. The lowest BCUT2D eigenvalue weighted by Gasteiger charge is -2.14. The molecular weight excluding hydrogens is 442 g/mol. The summed E-state index contributed by atoms with van der Waals surface area (Å²) in [5, 5.41) is 12.3. The first-order chi connectivity index (χ1) is 17.0. The van der Waals surface area contributed by atoms with E-state index in [0.717, 1.165) is 33.4 Å². The van der Waals surface area contributed by atoms with Crippen LogP contribution in [0.2, 0.25) is 0 Å². The number of carboxylic acids is 1. The maximum absolute atomic E-state index is 12.4. The Kier molecular flexibility index (Phi) is 5.87. The summed E-state index contributed by atoms with van der Waals surface area (Å²) >= 11 is 0. The van der Waals surface area contributed by atoms with Crippen LogP contribution in [-0.4, -0.2) is 17.2 Å². The van der Waals surface area contributed by atoms with Crippen LogP contribution in [-0.2, 0) is 14.9 Å². The average Bonchev–Trinajstić information content (AvgIpc) is 3.58. The summed E-state index contributed by atoms with van der Waals surface area (Å²) in [7, 11) is 0. The number of ether oxygens (including phenoxy) is 1. The van der Waals surface area contributed by atoms with E-state index in [1.54, 1.807) is 6.26 Å². The van der Waals surface area contributed by atoms with Crippen LogP contribution in [0.5, 0.6) is 0 Å². The summed E-state index contributed by atoms with van der Waals surface area (Å²) in [5.74, 6) is -0.752. The van der Waals surface area contributed by atoms with Gasteiger partial charge in [-0.2, -0.15) is 0 Å². The molecule has 1 fully saturated rings. The minimum Gasteiger partial charge on any atom is -0.481 e. The van der Waals surface area contributed by atoms with Gasteiger partial charge in [-0.3, -0.25) is 10.1 Å². The molecule has 5 rings (SSSR count). The quantitative estimate of drug-likeness (QED) is 0.304. The van der Waals surface area contributed by atoms with Gasteiger partial charge in [0.25, 0.3) is 0 Å². The van der Waals surface area contributed by atoms with Gasteiger partial charge >= 0.3 is 12.1 Å². The zero-order chi connectivity index (χ0) is 24.4. The van der Waals surface area contributed by atoms with Crippen molar-refractivity contribution in [1.29, 1.82) is 0 Å². The van der Waals surface area contributed by atoms with Crippen molar-refractivity contribution < 1.29 is 23.8 Å². The first-order valence-corrected chi connectivity index (χ1v) is 11.5. The molecule has 6 heteroatoms. The van der Waals surface area contributed by atoms with Crippen LogP contribution in [0, 0.1) is 0 Å². The number of carboxylic acid groups (broad SMARTS) is 1. The van der Waals surface area contributed by atoms with Crippen LogP contribution in [0.25, 0.3) is 22.3 Å². The summed E-state index contributed by atoms with van der Waals surface area (Å²) in [6.07, 6.45) is 3.50. The first kappa shape index (κ1) is 22.5. The Morgan fingerprint density at radius 2 is 1.49 bits per heavy atom. The highest BCUT2D eigenvalue weighted by Gasteiger charge is 2.51. The van der Waals surface area contributed by atoms with E-state index in [1.165, 1.54) is 6.26 Å². The maximum atomic E-state index is 12.4. The zero-order valence-corrected chi connectivity index (χ0v) is 19.2. The van der Waals surface area contributed by atoms with Crippen molar-refractivity contribution in [3.8, 4) is 22.3 Å². The molecule has 176 valence electrons.